The maximum atomic E-state index is 12.9. The lowest BCUT2D eigenvalue weighted by Gasteiger charge is -2.34. The first-order chi connectivity index (χ1) is 15.5. The number of carbonyl (C=O) groups excluding carboxylic acids is 1. The van der Waals surface area contributed by atoms with E-state index in [1.165, 1.54) is 5.56 Å². The van der Waals surface area contributed by atoms with Crippen molar-refractivity contribution in [3.63, 3.8) is 0 Å². The summed E-state index contributed by atoms with van der Waals surface area (Å²) in [6.45, 7) is 8.36. The first-order valence-corrected chi connectivity index (χ1v) is 11.4. The SMILES string of the molecule is CC(C)c1ccc(OCn2ccc(C(=O)N3CCN(Cc4ccccc4Cl)CC3)n2)cc1. The number of aromatic nitrogens is 2. The Kier molecular flexibility index (Phi) is 7.12. The van der Waals surface area contributed by atoms with Gasteiger partial charge in [0.05, 0.1) is 0 Å². The minimum atomic E-state index is -0.0394. The number of hydrogen-bond donors (Lipinski definition) is 0. The van der Waals surface area contributed by atoms with Gasteiger partial charge in [-0.2, -0.15) is 5.10 Å². The maximum absolute atomic E-state index is 12.9. The Hall–Kier alpha value is -2.83. The predicted molar refractivity (Wildman–Crippen MR) is 126 cm³/mol. The molecule has 1 aromatic heterocycles. The highest BCUT2D eigenvalue weighted by Gasteiger charge is 2.24. The number of carbonyl (C=O) groups is 1. The Morgan fingerprint density at radius 1 is 1.03 bits per heavy atom. The Morgan fingerprint density at radius 2 is 1.75 bits per heavy atom. The molecule has 6 nitrogen and oxygen atoms in total. The molecule has 1 amide bonds. The Balaban J connectivity index is 1.27. The highest BCUT2D eigenvalue weighted by molar-refractivity contribution is 6.31. The maximum Gasteiger partial charge on any atom is 0.274 e. The van der Waals surface area contributed by atoms with Crippen LogP contribution >= 0.6 is 11.6 Å². The zero-order valence-electron chi connectivity index (χ0n) is 18.6. The third-order valence-corrected chi connectivity index (χ3v) is 6.15. The van der Waals surface area contributed by atoms with Crippen LogP contribution in [0.2, 0.25) is 5.02 Å². The molecule has 2 heterocycles. The molecule has 32 heavy (non-hydrogen) atoms. The normalized spacial score (nSPS) is 14.7. The van der Waals surface area contributed by atoms with Crippen LogP contribution < -0.4 is 4.74 Å². The van der Waals surface area contributed by atoms with E-state index < -0.39 is 0 Å². The topological polar surface area (TPSA) is 50.6 Å². The monoisotopic (exact) mass is 452 g/mol. The highest BCUT2D eigenvalue weighted by Crippen LogP contribution is 2.20. The van der Waals surface area contributed by atoms with Crippen LogP contribution in [-0.2, 0) is 13.3 Å². The number of benzene rings is 2. The fourth-order valence-electron chi connectivity index (χ4n) is 3.78. The zero-order valence-corrected chi connectivity index (χ0v) is 19.3. The van der Waals surface area contributed by atoms with Crippen molar-refractivity contribution in [1.82, 2.24) is 19.6 Å². The van der Waals surface area contributed by atoms with Gasteiger partial charge >= 0.3 is 0 Å². The standard InChI is InChI=1S/C25H29ClN4O2/c1-19(2)20-7-9-22(10-8-20)32-18-30-12-11-24(27-30)25(31)29-15-13-28(14-16-29)17-21-5-3-4-6-23(21)26/h3-12,19H,13-18H2,1-2H3. The summed E-state index contributed by atoms with van der Waals surface area (Å²) in [6.07, 6.45) is 1.78. The second-order valence-corrected chi connectivity index (χ2v) is 8.80. The number of hydrogen-bond acceptors (Lipinski definition) is 4. The van der Waals surface area contributed by atoms with Gasteiger partial charge in [-0.15, -0.1) is 0 Å². The van der Waals surface area contributed by atoms with Crippen molar-refractivity contribution < 1.29 is 9.53 Å². The zero-order chi connectivity index (χ0) is 22.5. The molecular formula is C25H29ClN4O2. The molecule has 1 fully saturated rings. The quantitative estimate of drug-likeness (QED) is 0.523. The van der Waals surface area contributed by atoms with Crippen LogP contribution in [0, 0.1) is 0 Å². The summed E-state index contributed by atoms with van der Waals surface area (Å²) in [7, 11) is 0. The Bertz CT molecular complexity index is 1040. The molecule has 0 aliphatic carbocycles. The van der Waals surface area contributed by atoms with Crippen molar-refractivity contribution in [2.45, 2.75) is 33.0 Å². The molecule has 0 spiro atoms. The van der Waals surface area contributed by atoms with Crippen LogP contribution in [0.25, 0.3) is 0 Å². The molecule has 0 bridgehead atoms. The third-order valence-electron chi connectivity index (χ3n) is 5.78. The fourth-order valence-corrected chi connectivity index (χ4v) is 3.97. The van der Waals surface area contributed by atoms with Gasteiger partial charge in [0.25, 0.3) is 5.91 Å². The van der Waals surface area contributed by atoms with Crippen LogP contribution in [0.1, 0.15) is 41.4 Å². The van der Waals surface area contributed by atoms with Crippen LogP contribution in [0.4, 0.5) is 0 Å². The number of halogens is 1. The predicted octanol–water partition coefficient (Wildman–Crippen LogP) is 4.65. The second-order valence-electron chi connectivity index (χ2n) is 8.40. The molecule has 0 N–H and O–H groups in total. The smallest absolute Gasteiger partial charge is 0.274 e. The summed E-state index contributed by atoms with van der Waals surface area (Å²) in [5.74, 6) is 1.23. The van der Waals surface area contributed by atoms with Gasteiger partial charge in [-0.1, -0.05) is 55.8 Å². The molecule has 1 aliphatic heterocycles. The van der Waals surface area contributed by atoms with E-state index in [-0.39, 0.29) is 12.6 Å². The van der Waals surface area contributed by atoms with E-state index in [0.717, 1.165) is 36.0 Å². The van der Waals surface area contributed by atoms with E-state index >= 15 is 0 Å². The van der Waals surface area contributed by atoms with Crippen LogP contribution in [0.15, 0.2) is 60.8 Å². The molecule has 168 valence electrons. The van der Waals surface area contributed by atoms with E-state index in [1.54, 1.807) is 16.9 Å². The molecule has 7 heteroatoms. The molecule has 3 aromatic rings. The molecule has 1 saturated heterocycles. The number of rotatable bonds is 7. The molecular weight excluding hydrogens is 424 g/mol. The molecule has 0 radical (unpaired) electrons. The lowest BCUT2D eigenvalue weighted by Crippen LogP contribution is -2.48. The minimum absolute atomic E-state index is 0.0394. The lowest BCUT2D eigenvalue weighted by molar-refractivity contribution is 0.0621. The van der Waals surface area contributed by atoms with Crippen molar-refractivity contribution in [1.29, 1.82) is 0 Å². The van der Waals surface area contributed by atoms with Gasteiger partial charge in [-0.3, -0.25) is 9.69 Å². The van der Waals surface area contributed by atoms with Gasteiger partial charge in [-0.25, -0.2) is 4.68 Å². The minimum Gasteiger partial charge on any atom is -0.471 e. The van der Waals surface area contributed by atoms with Gasteiger partial charge in [0.2, 0.25) is 0 Å². The van der Waals surface area contributed by atoms with E-state index in [0.29, 0.717) is 24.7 Å². The summed E-state index contributed by atoms with van der Waals surface area (Å²) in [6, 6.07) is 17.7. The lowest BCUT2D eigenvalue weighted by atomic mass is 10.0. The molecule has 0 atom stereocenters. The number of ether oxygens (including phenoxy) is 1. The average Bonchev–Trinajstić information content (AvgIpc) is 3.29. The van der Waals surface area contributed by atoms with Crippen LogP contribution in [-0.4, -0.2) is 51.7 Å². The molecule has 0 unspecified atom stereocenters. The largest absolute Gasteiger partial charge is 0.471 e. The van der Waals surface area contributed by atoms with Gasteiger partial charge in [0.1, 0.15) is 5.75 Å². The van der Waals surface area contributed by atoms with Crippen molar-refractivity contribution in [2.24, 2.45) is 0 Å². The summed E-state index contributed by atoms with van der Waals surface area (Å²) < 4.78 is 7.45. The van der Waals surface area contributed by atoms with Gasteiger partial charge in [0.15, 0.2) is 12.4 Å². The Labute approximate surface area is 194 Å². The van der Waals surface area contributed by atoms with E-state index in [4.69, 9.17) is 16.3 Å². The van der Waals surface area contributed by atoms with E-state index in [2.05, 4.69) is 36.0 Å². The fraction of sp³-hybridized carbons (Fsp3) is 0.360. The second kappa shape index (κ2) is 10.2. The summed E-state index contributed by atoms with van der Waals surface area (Å²) in [4.78, 5) is 17.1. The summed E-state index contributed by atoms with van der Waals surface area (Å²) >= 11 is 6.28. The van der Waals surface area contributed by atoms with Gasteiger partial charge < -0.3 is 9.64 Å². The first kappa shape index (κ1) is 22.4. The molecule has 0 saturated carbocycles. The number of piperazine rings is 1. The van der Waals surface area contributed by atoms with Crippen LogP contribution in [0.3, 0.4) is 0 Å². The summed E-state index contributed by atoms with van der Waals surface area (Å²) in [5, 5.41) is 5.20. The van der Waals surface area contributed by atoms with E-state index in [1.807, 2.05) is 41.3 Å². The van der Waals surface area contributed by atoms with Crippen LogP contribution in [0.5, 0.6) is 5.75 Å². The van der Waals surface area contributed by atoms with Crippen molar-refractivity contribution >= 4 is 17.5 Å². The molecule has 4 rings (SSSR count). The van der Waals surface area contributed by atoms with Crippen molar-refractivity contribution in [3.05, 3.63) is 82.6 Å². The highest BCUT2D eigenvalue weighted by atomic mass is 35.5. The van der Waals surface area contributed by atoms with Crippen molar-refractivity contribution in [2.75, 3.05) is 26.2 Å². The van der Waals surface area contributed by atoms with Gasteiger partial charge in [-0.05, 0) is 41.3 Å². The summed E-state index contributed by atoms with van der Waals surface area (Å²) in [5.41, 5.74) is 2.84. The Morgan fingerprint density at radius 3 is 2.44 bits per heavy atom. The number of nitrogens with zero attached hydrogens (tertiary/aromatic N) is 4. The number of amides is 1. The average molecular weight is 453 g/mol. The van der Waals surface area contributed by atoms with E-state index in [9.17, 15) is 4.79 Å². The van der Waals surface area contributed by atoms with Gasteiger partial charge in [0, 0.05) is 43.9 Å². The third kappa shape index (κ3) is 5.50. The van der Waals surface area contributed by atoms with Crippen molar-refractivity contribution in [3.8, 4) is 5.75 Å². The molecule has 2 aromatic carbocycles. The first-order valence-electron chi connectivity index (χ1n) is 11.0. The molecule has 1 aliphatic rings.